The molecule has 0 unspecified atom stereocenters. The smallest absolute Gasteiger partial charge is 0.137 e. The van der Waals surface area contributed by atoms with Gasteiger partial charge in [-0.2, -0.15) is 0 Å². The van der Waals surface area contributed by atoms with Gasteiger partial charge in [0.25, 0.3) is 0 Å². The van der Waals surface area contributed by atoms with Crippen LogP contribution in [0.4, 0.5) is 0 Å². The SMILES string of the molecule is Cc1ccc2nc(-c3cc4ccccc4s3)cn2c1. The van der Waals surface area contributed by atoms with Gasteiger partial charge >= 0.3 is 0 Å². The third kappa shape index (κ3) is 1.74. The Hall–Kier alpha value is -2.13. The zero-order chi connectivity index (χ0) is 12.8. The van der Waals surface area contributed by atoms with E-state index >= 15 is 0 Å². The van der Waals surface area contributed by atoms with E-state index in [-0.39, 0.29) is 0 Å². The van der Waals surface area contributed by atoms with Gasteiger partial charge in [-0.25, -0.2) is 4.98 Å². The van der Waals surface area contributed by atoms with Crippen molar-refractivity contribution in [2.45, 2.75) is 6.92 Å². The van der Waals surface area contributed by atoms with Gasteiger partial charge in [-0.15, -0.1) is 11.3 Å². The van der Waals surface area contributed by atoms with E-state index in [1.54, 1.807) is 11.3 Å². The van der Waals surface area contributed by atoms with Crippen LogP contribution in [0.25, 0.3) is 26.3 Å². The fraction of sp³-hybridized carbons (Fsp3) is 0.0625. The van der Waals surface area contributed by atoms with Crippen LogP contribution < -0.4 is 0 Å². The Labute approximate surface area is 115 Å². The maximum Gasteiger partial charge on any atom is 0.137 e. The van der Waals surface area contributed by atoms with Gasteiger partial charge in [0.15, 0.2) is 0 Å². The normalized spacial score (nSPS) is 11.4. The van der Waals surface area contributed by atoms with Crippen molar-refractivity contribution in [2.24, 2.45) is 0 Å². The number of hydrogen-bond acceptors (Lipinski definition) is 2. The lowest BCUT2D eigenvalue weighted by molar-refractivity contribution is 1.16. The van der Waals surface area contributed by atoms with Gasteiger partial charge < -0.3 is 4.40 Å². The molecule has 4 rings (SSSR count). The fourth-order valence-electron chi connectivity index (χ4n) is 2.33. The molecule has 0 atom stereocenters. The predicted octanol–water partition coefficient (Wildman–Crippen LogP) is 4.52. The van der Waals surface area contributed by atoms with Crippen LogP contribution in [0.1, 0.15) is 5.56 Å². The van der Waals surface area contributed by atoms with Crippen LogP contribution in [0.15, 0.2) is 54.9 Å². The lowest BCUT2D eigenvalue weighted by atomic mass is 10.2. The standard InChI is InChI=1S/C16H12N2S/c1-11-6-7-16-17-13(10-18(16)9-11)15-8-12-4-2-3-5-14(12)19-15/h2-10H,1H3. The molecule has 0 saturated carbocycles. The first-order chi connectivity index (χ1) is 9.29. The van der Waals surface area contributed by atoms with Crippen molar-refractivity contribution in [3.8, 4) is 10.6 Å². The van der Waals surface area contributed by atoms with Gasteiger partial charge in [0.2, 0.25) is 0 Å². The lowest BCUT2D eigenvalue weighted by Gasteiger charge is -1.92. The molecule has 0 spiro atoms. The number of nitrogens with zero attached hydrogens (tertiary/aromatic N) is 2. The summed E-state index contributed by atoms with van der Waals surface area (Å²) < 4.78 is 3.40. The highest BCUT2D eigenvalue weighted by molar-refractivity contribution is 7.22. The Bertz CT molecular complexity index is 853. The highest BCUT2D eigenvalue weighted by Gasteiger charge is 2.08. The van der Waals surface area contributed by atoms with E-state index in [0.717, 1.165) is 11.3 Å². The van der Waals surface area contributed by atoms with Crippen LogP contribution in [0.2, 0.25) is 0 Å². The fourth-order valence-corrected chi connectivity index (χ4v) is 3.35. The summed E-state index contributed by atoms with van der Waals surface area (Å²) in [6.45, 7) is 2.10. The van der Waals surface area contributed by atoms with Crippen LogP contribution in [-0.2, 0) is 0 Å². The van der Waals surface area contributed by atoms with Crippen molar-refractivity contribution in [2.75, 3.05) is 0 Å². The monoisotopic (exact) mass is 264 g/mol. The number of hydrogen-bond donors (Lipinski definition) is 0. The first-order valence-electron chi connectivity index (χ1n) is 6.24. The summed E-state index contributed by atoms with van der Waals surface area (Å²) >= 11 is 1.79. The number of thiophene rings is 1. The van der Waals surface area contributed by atoms with Crippen LogP contribution in [0, 0.1) is 6.92 Å². The minimum atomic E-state index is 0.998. The third-order valence-electron chi connectivity index (χ3n) is 3.28. The minimum absolute atomic E-state index is 0.998. The summed E-state index contributed by atoms with van der Waals surface area (Å²) in [7, 11) is 0. The largest absolute Gasteiger partial charge is 0.306 e. The van der Waals surface area contributed by atoms with Gasteiger partial charge in [0.05, 0.1) is 10.6 Å². The molecule has 19 heavy (non-hydrogen) atoms. The Morgan fingerprint density at radius 1 is 1.05 bits per heavy atom. The van der Waals surface area contributed by atoms with Crippen LogP contribution >= 0.6 is 11.3 Å². The highest BCUT2D eigenvalue weighted by Crippen LogP contribution is 2.32. The van der Waals surface area contributed by atoms with Crippen molar-refractivity contribution in [1.29, 1.82) is 0 Å². The second-order valence-electron chi connectivity index (χ2n) is 4.75. The Morgan fingerprint density at radius 2 is 1.95 bits per heavy atom. The zero-order valence-corrected chi connectivity index (χ0v) is 11.3. The number of aromatic nitrogens is 2. The molecule has 0 fully saturated rings. The summed E-state index contributed by atoms with van der Waals surface area (Å²) in [5.41, 5.74) is 3.29. The lowest BCUT2D eigenvalue weighted by Crippen LogP contribution is -1.82. The van der Waals surface area contributed by atoms with Gasteiger partial charge in [0.1, 0.15) is 5.65 Å². The van der Waals surface area contributed by atoms with Crippen LogP contribution in [0.3, 0.4) is 0 Å². The van der Waals surface area contributed by atoms with E-state index < -0.39 is 0 Å². The summed E-state index contributed by atoms with van der Waals surface area (Å²) in [5.74, 6) is 0. The van der Waals surface area contributed by atoms with E-state index in [2.05, 4.69) is 66.2 Å². The molecule has 0 aliphatic rings. The number of rotatable bonds is 1. The van der Waals surface area contributed by atoms with Crippen molar-refractivity contribution < 1.29 is 0 Å². The topological polar surface area (TPSA) is 17.3 Å². The maximum absolute atomic E-state index is 4.69. The molecule has 0 aliphatic heterocycles. The predicted molar refractivity (Wildman–Crippen MR) is 80.7 cm³/mol. The van der Waals surface area contributed by atoms with Crippen LogP contribution in [-0.4, -0.2) is 9.38 Å². The molecule has 0 bridgehead atoms. The van der Waals surface area contributed by atoms with Crippen molar-refractivity contribution in [1.82, 2.24) is 9.38 Å². The quantitative estimate of drug-likeness (QED) is 0.494. The molecule has 4 aromatic rings. The van der Waals surface area contributed by atoms with E-state index in [4.69, 9.17) is 4.98 Å². The molecular weight excluding hydrogens is 252 g/mol. The van der Waals surface area contributed by atoms with E-state index in [1.165, 1.54) is 20.5 Å². The summed E-state index contributed by atoms with van der Waals surface area (Å²) in [6.07, 6.45) is 4.21. The van der Waals surface area contributed by atoms with Crippen molar-refractivity contribution >= 4 is 27.1 Å². The number of imidazole rings is 1. The van der Waals surface area contributed by atoms with Crippen molar-refractivity contribution in [3.05, 3.63) is 60.4 Å². The summed E-state index contributed by atoms with van der Waals surface area (Å²) in [6, 6.07) is 14.8. The number of pyridine rings is 1. The summed E-state index contributed by atoms with van der Waals surface area (Å²) in [4.78, 5) is 5.92. The second kappa shape index (κ2) is 3.93. The molecule has 0 radical (unpaired) electrons. The number of aryl methyl sites for hydroxylation is 1. The van der Waals surface area contributed by atoms with E-state index in [0.29, 0.717) is 0 Å². The van der Waals surface area contributed by atoms with Gasteiger partial charge in [-0.3, -0.25) is 0 Å². The highest BCUT2D eigenvalue weighted by atomic mass is 32.1. The van der Waals surface area contributed by atoms with Crippen molar-refractivity contribution in [3.63, 3.8) is 0 Å². The Kier molecular flexibility index (Phi) is 2.23. The minimum Gasteiger partial charge on any atom is -0.306 e. The second-order valence-corrected chi connectivity index (χ2v) is 5.83. The molecule has 1 aromatic carbocycles. The molecule has 0 amide bonds. The maximum atomic E-state index is 4.69. The number of benzene rings is 1. The molecule has 0 aliphatic carbocycles. The Morgan fingerprint density at radius 3 is 2.84 bits per heavy atom. The molecule has 3 heterocycles. The van der Waals surface area contributed by atoms with E-state index in [9.17, 15) is 0 Å². The molecule has 92 valence electrons. The van der Waals surface area contributed by atoms with Gasteiger partial charge in [-0.1, -0.05) is 24.3 Å². The molecular formula is C16H12N2S. The Balaban J connectivity index is 1.93. The molecule has 3 aromatic heterocycles. The third-order valence-corrected chi connectivity index (χ3v) is 4.42. The average Bonchev–Trinajstić information content (AvgIpc) is 3.00. The van der Waals surface area contributed by atoms with E-state index in [1.807, 2.05) is 0 Å². The van der Waals surface area contributed by atoms with Gasteiger partial charge in [-0.05, 0) is 36.1 Å². The zero-order valence-electron chi connectivity index (χ0n) is 10.5. The first-order valence-corrected chi connectivity index (χ1v) is 7.05. The molecule has 3 heteroatoms. The number of fused-ring (bicyclic) bond motifs is 2. The summed E-state index contributed by atoms with van der Waals surface area (Å²) in [5, 5.41) is 1.29. The average molecular weight is 264 g/mol. The van der Waals surface area contributed by atoms with Crippen LogP contribution in [0.5, 0.6) is 0 Å². The first kappa shape index (κ1) is 10.8. The van der Waals surface area contributed by atoms with Gasteiger partial charge in [0, 0.05) is 17.1 Å². The molecule has 0 N–H and O–H groups in total. The molecule has 0 saturated heterocycles. The molecule has 2 nitrogen and oxygen atoms in total.